The Bertz CT molecular complexity index is 803. The smallest absolute Gasteiger partial charge is 0.280 e. The lowest BCUT2D eigenvalue weighted by molar-refractivity contribution is -0.127. The number of allylic oxidation sites excluding steroid dienone is 1. The Labute approximate surface area is 147 Å². The molecule has 5 heteroatoms. The number of carbonyl (C=O) groups is 1. The molecule has 0 radical (unpaired) electrons. The number of rotatable bonds is 6. The molecule has 1 amide bonds. The fraction of sp³-hybridized carbons (Fsp3) is 0.150. The van der Waals surface area contributed by atoms with Crippen molar-refractivity contribution in [1.29, 1.82) is 5.26 Å². The van der Waals surface area contributed by atoms with Crippen LogP contribution in [0.25, 0.3) is 6.08 Å². The molecule has 0 heterocycles. The van der Waals surface area contributed by atoms with Crippen LogP contribution >= 0.6 is 0 Å². The minimum Gasteiger partial charge on any atom is -0.481 e. The molecule has 126 valence electrons. The second-order valence-electron chi connectivity index (χ2n) is 5.43. The maximum Gasteiger partial charge on any atom is 0.280 e. The zero-order valence-corrected chi connectivity index (χ0v) is 14.1. The van der Waals surface area contributed by atoms with E-state index in [1.54, 1.807) is 37.4 Å². The van der Waals surface area contributed by atoms with Crippen LogP contribution in [0.15, 0.2) is 65.3 Å². The third-order valence-electron chi connectivity index (χ3n) is 3.30. The molecular weight excluding hydrogens is 314 g/mol. The van der Waals surface area contributed by atoms with Crippen molar-refractivity contribution in [3.8, 4) is 11.8 Å². The summed E-state index contributed by atoms with van der Waals surface area (Å²) in [6.07, 6.45) is 2.84. The first kappa shape index (κ1) is 18.0. The zero-order valence-electron chi connectivity index (χ0n) is 14.1. The summed E-state index contributed by atoms with van der Waals surface area (Å²) in [6.45, 7) is 3.54. The number of hydrogen-bond acceptors (Lipinski definition) is 4. The van der Waals surface area contributed by atoms with E-state index in [0.29, 0.717) is 11.3 Å². The molecule has 2 aromatic rings. The first-order chi connectivity index (χ1) is 12.1. The van der Waals surface area contributed by atoms with Gasteiger partial charge in [-0.25, -0.2) is 5.43 Å². The van der Waals surface area contributed by atoms with E-state index in [1.165, 1.54) is 0 Å². The summed E-state index contributed by atoms with van der Waals surface area (Å²) in [4.78, 5) is 12.0. The maximum atomic E-state index is 12.0. The number of nitrogens with one attached hydrogen (secondary N) is 1. The molecule has 0 bridgehead atoms. The van der Waals surface area contributed by atoms with E-state index in [9.17, 15) is 4.79 Å². The number of benzene rings is 2. The number of ether oxygens (including phenoxy) is 1. The van der Waals surface area contributed by atoms with Gasteiger partial charge < -0.3 is 4.74 Å². The van der Waals surface area contributed by atoms with Crippen LogP contribution in [0.1, 0.15) is 25.0 Å². The summed E-state index contributed by atoms with van der Waals surface area (Å²) in [5.41, 5.74) is 4.97. The largest absolute Gasteiger partial charge is 0.481 e. The zero-order chi connectivity index (χ0) is 18.1. The Kier molecular flexibility index (Phi) is 6.49. The Balaban J connectivity index is 1.86. The summed E-state index contributed by atoms with van der Waals surface area (Å²) in [6, 6.07) is 18.4. The number of nitriles is 1. The van der Waals surface area contributed by atoms with Crippen LogP contribution in [-0.2, 0) is 4.79 Å². The van der Waals surface area contributed by atoms with Crippen LogP contribution in [-0.4, -0.2) is 18.2 Å². The Morgan fingerprint density at radius 3 is 2.52 bits per heavy atom. The molecule has 0 unspecified atom stereocenters. The second-order valence-corrected chi connectivity index (χ2v) is 5.43. The third-order valence-corrected chi connectivity index (χ3v) is 3.30. The predicted molar refractivity (Wildman–Crippen MR) is 98.0 cm³/mol. The van der Waals surface area contributed by atoms with Gasteiger partial charge in [0.05, 0.1) is 17.8 Å². The molecule has 0 aliphatic rings. The van der Waals surface area contributed by atoms with Gasteiger partial charge in [0.15, 0.2) is 6.10 Å². The number of hydrazone groups is 1. The van der Waals surface area contributed by atoms with Gasteiger partial charge in [0.2, 0.25) is 0 Å². The molecule has 1 N–H and O–H groups in total. The summed E-state index contributed by atoms with van der Waals surface area (Å²) >= 11 is 0. The van der Waals surface area contributed by atoms with Gasteiger partial charge >= 0.3 is 0 Å². The molecule has 0 spiro atoms. The third kappa shape index (κ3) is 5.96. The lowest BCUT2D eigenvalue weighted by Crippen LogP contribution is -2.33. The topological polar surface area (TPSA) is 74.5 Å². The van der Waals surface area contributed by atoms with Gasteiger partial charge in [-0.2, -0.15) is 10.4 Å². The summed E-state index contributed by atoms with van der Waals surface area (Å²) in [5.74, 6) is 0.166. The highest BCUT2D eigenvalue weighted by Gasteiger charge is 2.13. The molecule has 1 atom stereocenters. The molecule has 0 fully saturated rings. The summed E-state index contributed by atoms with van der Waals surface area (Å²) in [7, 11) is 0. The van der Waals surface area contributed by atoms with Gasteiger partial charge in [-0.1, -0.05) is 36.4 Å². The van der Waals surface area contributed by atoms with Crippen molar-refractivity contribution in [2.24, 2.45) is 5.10 Å². The van der Waals surface area contributed by atoms with E-state index in [2.05, 4.69) is 10.5 Å². The standard InChI is InChI=1S/C20H19N3O2/c1-15(12-17-6-4-3-5-7-17)14-22-23-20(24)16(2)25-19-10-8-18(13-21)9-11-19/h3-12,14,16H,1-2H3,(H,23,24)/b15-12+,22-14?/t16-/m0/s1. The van der Waals surface area contributed by atoms with Crippen LogP contribution in [0.2, 0.25) is 0 Å². The van der Waals surface area contributed by atoms with E-state index in [0.717, 1.165) is 11.1 Å². The van der Waals surface area contributed by atoms with Gasteiger partial charge in [0.1, 0.15) is 5.75 Å². The van der Waals surface area contributed by atoms with E-state index in [-0.39, 0.29) is 5.91 Å². The maximum absolute atomic E-state index is 12.0. The predicted octanol–water partition coefficient (Wildman–Crippen LogP) is 3.53. The van der Waals surface area contributed by atoms with Gasteiger partial charge in [0.25, 0.3) is 5.91 Å². The molecule has 2 aromatic carbocycles. The number of amides is 1. The normalized spacial score (nSPS) is 12.4. The van der Waals surface area contributed by atoms with Gasteiger partial charge in [0, 0.05) is 0 Å². The van der Waals surface area contributed by atoms with Crippen LogP contribution in [0.5, 0.6) is 5.75 Å². The average molecular weight is 333 g/mol. The molecule has 0 aromatic heterocycles. The first-order valence-electron chi connectivity index (χ1n) is 7.81. The van der Waals surface area contributed by atoms with Crippen LogP contribution in [0.3, 0.4) is 0 Å². The summed E-state index contributed by atoms with van der Waals surface area (Å²) < 4.78 is 5.52. The van der Waals surface area contributed by atoms with Crippen molar-refractivity contribution in [3.63, 3.8) is 0 Å². The fourth-order valence-electron chi connectivity index (χ4n) is 2.00. The average Bonchev–Trinajstić information content (AvgIpc) is 2.63. The minimum atomic E-state index is -0.705. The van der Waals surface area contributed by atoms with Crippen LogP contribution in [0.4, 0.5) is 0 Å². The van der Waals surface area contributed by atoms with E-state index in [4.69, 9.17) is 10.00 Å². The Hall–Kier alpha value is -3.39. The van der Waals surface area contributed by atoms with Crippen molar-refractivity contribution in [2.75, 3.05) is 0 Å². The molecule has 2 rings (SSSR count). The van der Waals surface area contributed by atoms with Crippen molar-refractivity contribution in [3.05, 3.63) is 71.3 Å². The van der Waals surface area contributed by atoms with Crippen molar-refractivity contribution < 1.29 is 9.53 Å². The van der Waals surface area contributed by atoms with Gasteiger partial charge in [-0.3, -0.25) is 4.79 Å². The minimum absolute atomic E-state index is 0.354. The lowest BCUT2D eigenvalue weighted by Gasteiger charge is -2.12. The van der Waals surface area contributed by atoms with E-state index < -0.39 is 6.10 Å². The lowest BCUT2D eigenvalue weighted by atomic mass is 10.1. The quantitative estimate of drug-likeness (QED) is 0.649. The monoisotopic (exact) mass is 333 g/mol. The number of hydrogen-bond donors (Lipinski definition) is 1. The van der Waals surface area contributed by atoms with Crippen LogP contribution < -0.4 is 10.2 Å². The first-order valence-corrected chi connectivity index (χ1v) is 7.81. The van der Waals surface area contributed by atoms with Crippen LogP contribution in [0, 0.1) is 11.3 Å². The molecule has 25 heavy (non-hydrogen) atoms. The fourth-order valence-corrected chi connectivity index (χ4v) is 2.00. The Morgan fingerprint density at radius 2 is 1.88 bits per heavy atom. The molecular formula is C20H19N3O2. The molecule has 0 aliphatic carbocycles. The Morgan fingerprint density at radius 1 is 1.20 bits per heavy atom. The second kappa shape index (κ2) is 9.04. The highest BCUT2D eigenvalue weighted by Crippen LogP contribution is 2.13. The van der Waals surface area contributed by atoms with Crippen molar-refractivity contribution in [1.82, 2.24) is 5.43 Å². The van der Waals surface area contributed by atoms with E-state index >= 15 is 0 Å². The van der Waals surface area contributed by atoms with Gasteiger partial charge in [-0.15, -0.1) is 0 Å². The van der Waals surface area contributed by atoms with Crippen molar-refractivity contribution in [2.45, 2.75) is 20.0 Å². The van der Waals surface area contributed by atoms with E-state index in [1.807, 2.05) is 49.4 Å². The molecule has 0 saturated carbocycles. The number of carbonyl (C=O) groups excluding carboxylic acids is 1. The molecule has 0 saturated heterocycles. The van der Waals surface area contributed by atoms with Crippen molar-refractivity contribution >= 4 is 18.2 Å². The summed E-state index contributed by atoms with van der Waals surface area (Å²) in [5, 5.41) is 12.7. The van der Waals surface area contributed by atoms with Gasteiger partial charge in [-0.05, 0) is 49.2 Å². The highest BCUT2D eigenvalue weighted by molar-refractivity contribution is 5.87. The molecule has 0 aliphatic heterocycles. The highest BCUT2D eigenvalue weighted by atomic mass is 16.5. The number of nitrogens with zero attached hydrogens (tertiary/aromatic N) is 2. The molecule has 5 nitrogen and oxygen atoms in total. The SMILES string of the molecule is C/C(C=NNC(=O)[C@H](C)Oc1ccc(C#N)cc1)=C\c1ccccc1.